The quantitative estimate of drug-likeness (QED) is 0.0439. The van der Waals surface area contributed by atoms with Crippen molar-refractivity contribution >= 4 is 0 Å². The van der Waals surface area contributed by atoms with E-state index in [4.69, 9.17) is 0 Å². The van der Waals surface area contributed by atoms with E-state index in [9.17, 15) is 0 Å². The Hall–Kier alpha value is -4.68. The van der Waals surface area contributed by atoms with Crippen molar-refractivity contribution in [2.75, 3.05) is 0 Å². The summed E-state index contributed by atoms with van der Waals surface area (Å²) in [5, 5.41) is 0. The van der Waals surface area contributed by atoms with Gasteiger partial charge in [-0.3, -0.25) is 0 Å². The Kier molecular flexibility index (Phi) is 35.6. The third kappa shape index (κ3) is 21.2. The molecule has 6 aromatic rings. The molecule has 0 spiro atoms. The van der Waals surface area contributed by atoms with Gasteiger partial charge in [0.2, 0.25) is 0 Å². The molecule has 0 saturated carbocycles. The fraction of sp³-hybridized carbons (Fsp3) is 0.596. The second kappa shape index (κ2) is 40.3. The Morgan fingerprint density at radius 2 is 0.461 bits per heavy atom. The largest absolute Gasteiger partial charge is 0.0651 e. The molecule has 0 aliphatic heterocycles. The fourth-order valence-corrected chi connectivity index (χ4v) is 15.7. The number of benzene rings is 6. The summed E-state index contributed by atoms with van der Waals surface area (Å²) in [6, 6.07) is 27.1. The Balaban J connectivity index is 0.000000314. The van der Waals surface area contributed by atoms with Crippen molar-refractivity contribution in [2.45, 2.75) is 350 Å². The van der Waals surface area contributed by atoms with E-state index in [1.165, 1.54) is 187 Å². The first-order valence-electron chi connectivity index (χ1n) is 37.4. The highest BCUT2D eigenvalue weighted by Crippen LogP contribution is 2.43. The molecule has 89 heavy (non-hydrogen) atoms. The van der Waals surface area contributed by atoms with Crippen molar-refractivity contribution in [3.05, 3.63) is 184 Å². The zero-order valence-corrected chi connectivity index (χ0v) is 63.0. The van der Waals surface area contributed by atoms with Crippen LogP contribution in [-0.2, 0) is 107 Å². The summed E-state index contributed by atoms with van der Waals surface area (Å²) in [6.45, 7) is 56.1. The third-order valence-electron chi connectivity index (χ3n) is 18.9. The van der Waals surface area contributed by atoms with Gasteiger partial charge in [0.1, 0.15) is 0 Å². The van der Waals surface area contributed by atoms with Gasteiger partial charge in [0.15, 0.2) is 0 Å². The maximum absolute atomic E-state index is 2.56. The number of rotatable bonds is 29. The van der Waals surface area contributed by atoms with Crippen molar-refractivity contribution in [3.8, 4) is 22.3 Å². The molecule has 0 unspecified atom stereocenters. The van der Waals surface area contributed by atoms with E-state index < -0.39 is 0 Å². The summed E-state index contributed by atoms with van der Waals surface area (Å²) in [7, 11) is 0. The molecule has 0 fully saturated rings. The molecule has 0 N–H and O–H groups in total. The molecule has 6 rings (SSSR count). The fourth-order valence-electron chi connectivity index (χ4n) is 15.7. The van der Waals surface area contributed by atoms with Crippen LogP contribution >= 0.6 is 0 Å². The summed E-state index contributed by atoms with van der Waals surface area (Å²) in [6.07, 6.45) is 33.0. The molecular formula is C89H138. The van der Waals surface area contributed by atoms with Gasteiger partial charge in [-0.25, -0.2) is 0 Å². The summed E-state index contributed by atoms with van der Waals surface area (Å²) >= 11 is 0. The molecule has 6 aromatic carbocycles. The Morgan fingerprint density at radius 3 is 0.708 bits per heavy atom. The van der Waals surface area contributed by atoms with Gasteiger partial charge in [-0.1, -0.05) is 295 Å². The Bertz CT molecular complexity index is 2710. The SMILES string of the molecule is CCCc1c(C)c(CCC)c(C)c(CCC)c1C.CCCc1c(CC)c(CCC)c(CC)c(CCC)c1CC.CCCc1cc(CCC)c(-c2ccccc2)c(CCC)c1-c1ccccc1.CCCc1cc(CCC)c(C(C)(C)C)c(CCC)c1C(C)(C)C. The van der Waals surface area contributed by atoms with E-state index in [0.717, 1.165) is 19.3 Å². The maximum Gasteiger partial charge on any atom is -0.0113 e. The molecule has 0 aromatic heterocycles. The topological polar surface area (TPSA) is 0 Å². The van der Waals surface area contributed by atoms with Crippen LogP contribution in [0.3, 0.4) is 0 Å². The van der Waals surface area contributed by atoms with Crippen molar-refractivity contribution in [1.29, 1.82) is 0 Å². The smallest absolute Gasteiger partial charge is 0.0113 e. The van der Waals surface area contributed by atoms with E-state index in [1.54, 1.807) is 100 Å². The van der Waals surface area contributed by atoms with Crippen molar-refractivity contribution in [3.63, 3.8) is 0 Å². The van der Waals surface area contributed by atoms with E-state index >= 15 is 0 Å². The lowest BCUT2D eigenvalue weighted by Gasteiger charge is -2.35. The van der Waals surface area contributed by atoms with Gasteiger partial charge >= 0.3 is 0 Å². The van der Waals surface area contributed by atoms with E-state index in [1.807, 2.05) is 0 Å². The highest BCUT2D eigenvalue weighted by molar-refractivity contribution is 5.83. The second-order valence-electron chi connectivity index (χ2n) is 28.3. The summed E-state index contributed by atoms with van der Waals surface area (Å²) in [5.74, 6) is 0. The Labute approximate surface area is 553 Å². The summed E-state index contributed by atoms with van der Waals surface area (Å²) in [4.78, 5) is 0. The van der Waals surface area contributed by atoms with Crippen LogP contribution in [0.4, 0.5) is 0 Å². The minimum Gasteiger partial charge on any atom is -0.0651 e. The van der Waals surface area contributed by atoms with Crippen molar-refractivity contribution in [1.82, 2.24) is 0 Å². The average molecular weight is 1210 g/mol. The minimum absolute atomic E-state index is 0.222. The first-order chi connectivity index (χ1) is 42.6. The molecule has 0 aliphatic carbocycles. The number of aryl methyl sites for hydroxylation is 4. The third-order valence-corrected chi connectivity index (χ3v) is 18.9. The summed E-state index contributed by atoms with van der Waals surface area (Å²) in [5.41, 5.74) is 38.8. The normalized spacial score (nSPS) is 11.5. The van der Waals surface area contributed by atoms with E-state index in [0.29, 0.717) is 0 Å². The van der Waals surface area contributed by atoms with E-state index in [-0.39, 0.29) is 10.8 Å². The highest BCUT2D eigenvalue weighted by Gasteiger charge is 2.30. The molecule has 0 amide bonds. The molecular weight excluding hydrogens is 1070 g/mol. The standard InChI is InChI=1S/C27H32.C23H40.C21H36.C18H30/c1-4-13-23-20-24(14-5-2)27(22-18-11-8-12-19-22)25(15-6-3)26(23)21-16-9-7-10-17-21;1-10-13-17-16-18(14-11-2)21(23(7,8)9)19(15-12-3)20(17)22(4,5)6;1-7-13-19-16(10-4)20(14-8-2)18(12-6)21(15-9-3)17(19)11-5;1-7-10-16-13(4)17(11-8-2)15(6)18(12-9-3)14(16)5/h7-12,16-20H,4-6,13-15H2,1-3H3;16H,10-15H2,1-9H3;7-15H2,1-6H3;7-12H2,1-6H3. The summed E-state index contributed by atoms with van der Waals surface area (Å²) < 4.78 is 0. The van der Waals surface area contributed by atoms with Gasteiger partial charge in [-0.2, -0.15) is 0 Å². The lowest BCUT2D eigenvalue weighted by molar-refractivity contribution is 0.541. The van der Waals surface area contributed by atoms with Gasteiger partial charge in [-0.15, -0.1) is 0 Å². The molecule has 0 heteroatoms. The average Bonchev–Trinajstić information content (AvgIpc) is 1.03. The molecule has 0 saturated heterocycles. The van der Waals surface area contributed by atoms with Gasteiger partial charge in [0, 0.05) is 0 Å². The maximum atomic E-state index is 2.56. The zero-order valence-electron chi connectivity index (χ0n) is 63.0. The molecule has 0 atom stereocenters. The minimum atomic E-state index is 0.222. The van der Waals surface area contributed by atoms with E-state index in [2.05, 4.69) is 239 Å². The molecule has 0 radical (unpaired) electrons. The predicted molar refractivity (Wildman–Crippen MR) is 404 cm³/mol. The molecule has 494 valence electrons. The second-order valence-corrected chi connectivity index (χ2v) is 28.3. The van der Waals surface area contributed by atoms with Crippen LogP contribution in [0.25, 0.3) is 22.3 Å². The molecule has 0 bridgehead atoms. The number of hydrogen-bond acceptors (Lipinski definition) is 0. The number of hydrogen-bond donors (Lipinski definition) is 0. The van der Waals surface area contributed by atoms with Crippen molar-refractivity contribution < 1.29 is 0 Å². The van der Waals surface area contributed by atoms with Crippen LogP contribution in [0, 0.1) is 20.8 Å². The molecule has 0 nitrogen and oxygen atoms in total. The van der Waals surface area contributed by atoms with Gasteiger partial charge in [0.25, 0.3) is 0 Å². The van der Waals surface area contributed by atoms with Crippen LogP contribution in [0.2, 0.25) is 0 Å². The highest BCUT2D eigenvalue weighted by atomic mass is 14.3. The van der Waals surface area contributed by atoms with Crippen molar-refractivity contribution in [2.24, 2.45) is 0 Å². The van der Waals surface area contributed by atoms with Gasteiger partial charge < -0.3 is 0 Å². The lowest BCUT2D eigenvalue weighted by atomic mass is 9.70. The first-order valence-corrected chi connectivity index (χ1v) is 37.4. The zero-order chi connectivity index (χ0) is 66.4. The monoisotopic (exact) mass is 1210 g/mol. The van der Waals surface area contributed by atoms with Crippen LogP contribution in [0.5, 0.6) is 0 Å². The lowest BCUT2D eigenvalue weighted by Crippen LogP contribution is -2.25. The van der Waals surface area contributed by atoms with Gasteiger partial charge in [-0.05, 0) is 261 Å². The first kappa shape index (κ1) is 78.6. The van der Waals surface area contributed by atoms with Crippen LogP contribution in [0.1, 0.15) is 334 Å². The van der Waals surface area contributed by atoms with Crippen LogP contribution in [-0.4, -0.2) is 0 Å². The Morgan fingerprint density at radius 1 is 0.236 bits per heavy atom. The van der Waals surface area contributed by atoms with Gasteiger partial charge in [0.05, 0.1) is 0 Å². The predicted octanol–water partition coefficient (Wildman–Crippen LogP) is 26.7. The molecule has 0 aliphatic rings. The van der Waals surface area contributed by atoms with Crippen LogP contribution < -0.4 is 0 Å². The molecule has 0 heterocycles. The van der Waals surface area contributed by atoms with Crippen LogP contribution in [0.15, 0.2) is 72.8 Å².